The number of carbonyl (C=O) groups excluding carboxylic acids is 1. The van der Waals surface area contributed by atoms with E-state index in [2.05, 4.69) is 5.32 Å². The van der Waals surface area contributed by atoms with E-state index in [1.165, 1.54) is 6.42 Å². The van der Waals surface area contributed by atoms with E-state index in [0.29, 0.717) is 13.0 Å². The smallest absolute Gasteiger partial charge is 0.237 e. The average Bonchev–Trinajstić information content (AvgIpc) is 2.46. The fourth-order valence-electron chi connectivity index (χ4n) is 2.73. The number of hydrogen-bond donors (Lipinski definition) is 3. The van der Waals surface area contributed by atoms with Crippen LogP contribution in [0.5, 0.6) is 0 Å². The Morgan fingerprint density at radius 2 is 1.90 bits per heavy atom. The molecule has 1 unspecified atom stereocenters. The zero-order valence-corrected chi connectivity index (χ0v) is 11.8. The maximum absolute atomic E-state index is 12.0. The van der Waals surface area contributed by atoms with E-state index >= 15 is 0 Å². The zero-order chi connectivity index (χ0) is 14.4. The molecule has 1 amide bonds. The van der Waals surface area contributed by atoms with Gasteiger partial charge in [0.25, 0.3) is 0 Å². The molecule has 1 aromatic carbocycles. The average molecular weight is 276 g/mol. The molecule has 0 bridgehead atoms. The highest BCUT2D eigenvalue weighted by Gasteiger charge is 2.30. The van der Waals surface area contributed by atoms with Crippen LogP contribution in [0.2, 0.25) is 0 Å². The Morgan fingerprint density at radius 3 is 2.55 bits per heavy atom. The van der Waals surface area contributed by atoms with E-state index in [-0.39, 0.29) is 5.91 Å². The molecule has 1 aliphatic carbocycles. The van der Waals surface area contributed by atoms with Crippen molar-refractivity contribution in [1.29, 1.82) is 0 Å². The largest absolute Gasteiger partial charge is 0.388 e. The van der Waals surface area contributed by atoms with E-state index in [4.69, 9.17) is 5.73 Å². The van der Waals surface area contributed by atoms with Gasteiger partial charge in [0.05, 0.1) is 11.6 Å². The number of carbonyl (C=O) groups is 1. The van der Waals surface area contributed by atoms with Crippen LogP contribution in [0.15, 0.2) is 30.3 Å². The van der Waals surface area contributed by atoms with Crippen molar-refractivity contribution in [2.45, 2.75) is 50.2 Å². The summed E-state index contributed by atoms with van der Waals surface area (Å²) in [5.41, 5.74) is 6.23. The minimum atomic E-state index is -0.736. The van der Waals surface area contributed by atoms with Crippen LogP contribution in [-0.2, 0) is 11.2 Å². The molecule has 2 rings (SSSR count). The number of hydrogen-bond acceptors (Lipinski definition) is 3. The van der Waals surface area contributed by atoms with Gasteiger partial charge in [0.15, 0.2) is 0 Å². The third-order valence-corrected chi connectivity index (χ3v) is 4.01. The van der Waals surface area contributed by atoms with E-state index in [1.807, 2.05) is 30.3 Å². The number of nitrogens with one attached hydrogen (secondary N) is 1. The number of nitrogens with two attached hydrogens (primary N) is 1. The van der Waals surface area contributed by atoms with Gasteiger partial charge < -0.3 is 16.2 Å². The standard InChI is InChI=1S/C16H24N2O2/c17-14(11-13-7-3-1-4-8-13)15(19)18-12-16(20)9-5-2-6-10-16/h1,3-4,7-8,14,20H,2,5-6,9-12,17H2,(H,18,19). The summed E-state index contributed by atoms with van der Waals surface area (Å²) in [6.07, 6.45) is 5.28. The fourth-order valence-corrected chi connectivity index (χ4v) is 2.73. The Balaban J connectivity index is 1.79. The summed E-state index contributed by atoms with van der Waals surface area (Å²) in [4.78, 5) is 12.0. The third-order valence-electron chi connectivity index (χ3n) is 4.01. The molecule has 4 nitrogen and oxygen atoms in total. The maximum Gasteiger partial charge on any atom is 0.237 e. The second-order valence-corrected chi connectivity index (χ2v) is 5.80. The predicted octanol–water partition coefficient (Wildman–Crippen LogP) is 1.37. The minimum Gasteiger partial charge on any atom is -0.388 e. The van der Waals surface area contributed by atoms with Gasteiger partial charge in [0.2, 0.25) is 5.91 Å². The molecule has 20 heavy (non-hydrogen) atoms. The van der Waals surface area contributed by atoms with Crippen molar-refractivity contribution in [3.63, 3.8) is 0 Å². The molecule has 0 heterocycles. The Labute approximate surface area is 120 Å². The minimum absolute atomic E-state index is 0.187. The molecule has 0 saturated heterocycles. The van der Waals surface area contributed by atoms with Crippen LogP contribution in [0.1, 0.15) is 37.7 Å². The second kappa shape index (κ2) is 6.86. The summed E-state index contributed by atoms with van der Waals surface area (Å²) < 4.78 is 0. The third kappa shape index (κ3) is 4.32. The summed E-state index contributed by atoms with van der Waals surface area (Å²) in [6.45, 7) is 0.314. The van der Waals surface area contributed by atoms with Gasteiger partial charge in [-0.15, -0.1) is 0 Å². The molecule has 1 atom stereocenters. The molecule has 0 aliphatic heterocycles. The van der Waals surface area contributed by atoms with Gasteiger partial charge in [-0.2, -0.15) is 0 Å². The van der Waals surface area contributed by atoms with Gasteiger partial charge >= 0.3 is 0 Å². The summed E-state index contributed by atoms with van der Waals surface area (Å²) >= 11 is 0. The first kappa shape index (κ1) is 15.0. The lowest BCUT2D eigenvalue weighted by atomic mass is 9.85. The van der Waals surface area contributed by atoms with E-state index in [0.717, 1.165) is 31.2 Å². The molecule has 0 spiro atoms. The summed E-state index contributed by atoms with van der Waals surface area (Å²) in [5, 5.41) is 13.1. The van der Waals surface area contributed by atoms with Crippen LogP contribution < -0.4 is 11.1 Å². The zero-order valence-electron chi connectivity index (χ0n) is 11.8. The van der Waals surface area contributed by atoms with Crippen LogP contribution >= 0.6 is 0 Å². The predicted molar refractivity (Wildman–Crippen MR) is 79.2 cm³/mol. The topological polar surface area (TPSA) is 75.4 Å². The molecule has 1 aromatic rings. The normalized spacial score (nSPS) is 19.3. The van der Waals surface area contributed by atoms with Crippen LogP contribution in [-0.4, -0.2) is 29.2 Å². The molecule has 110 valence electrons. The Morgan fingerprint density at radius 1 is 1.25 bits per heavy atom. The molecule has 4 heteroatoms. The molecule has 4 N–H and O–H groups in total. The lowest BCUT2D eigenvalue weighted by Gasteiger charge is -2.32. The van der Waals surface area contributed by atoms with Crippen LogP contribution in [0.25, 0.3) is 0 Å². The summed E-state index contributed by atoms with van der Waals surface area (Å²) in [7, 11) is 0. The molecular formula is C16H24N2O2. The number of aliphatic hydroxyl groups is 1. The first-order valence-corrected chi connectivity index (χ1v) is 7.39. The Kier molecular flexibility index (Phi) is 5.15. The number of amides is 1. The van der Waals surface area contributed by atoms with Crippen molar-refractivity contribution in [1.82, 2.24) is 5.32 Å². The van der Waals surface area contributed by atoms with Crippen LogP contribution in [0.4, 0.5) is 0 Å². The van der Waals surface area contributed by atoms with Crippen molar-refractivity contribution in [2.75, 3.05) is 6.54 Å². The monoisotopic (exact) mass is 276 g/mol. The Bertz CT molecular complexity index is 427. The lowest BCUT2D eigenvalue weighted by Crippen LogP contribution is -2.49. The number of benzene rings is 1. The first-order valence-electron chi connectivity index (χ1n) is 7.39. The quantitative estimate of drug-likeness (QED) is 0.760. The summed E-state index contributed by atoms with van der Waals surface area (Å²) in [6, 6.07) is 9.16. The molecule has 0 radical (unpaired) electrons. The molecular weight excluding hydrogens is 252 g/mol. The van der Waals surface area contributed by atoms with Gasteiger partial charge in [0, 0.05) is 6.54 Å². The van der Waals surface area contributed by atoms with Crippen LogP contribution in [0, 0.1) is 0 Å². The summed E-state index contributed by atoms with van der Waals surface area (Å²) in [5.74, 6) is -0.187. The van der Waals surface area contributed by atoms with Crippen molar-refractivity contribution in [3.05, 3.63) is 35.9 Å². The maximum atomic E-state index is 12.0. The van der Waals surface area contributed by atoms with E-state index in [9.17, 15) is 9.90 Å². The molecule has 1 aliphatic rings. The Hall–Kier alpha value is -1.39. The van der Waals surface area contributed by atoms with E-state index < -0.39 is 11.6 Å². The first-order chi connectivity index (χ1) is 9.59. The lowest BCUT2D eigenvalue weighted by molar-refractivity contribution is -0.124. The van der Waals surface area contributed by atoms with Gasteiger partial charge in [0.1, 0.15) is 0 Å². The van der Waals surface area contributed by atoms with Crippen molar-refractivity contribution in [3.8, 4) is 0 Å². The number of rotatable bonds is 5. The highest BCUT2D eigenvalue weighted by molar-refractivity contribution is 5.81. The molecule has 0 aromatic heterocycles. The molecule has 1 fully saturated rings. The second-order valence-electron chi connectivity index (χ2n) is 5.80. The highest BCUT2D eigenvalue weighted by atomic mass is 16.3. The van der Waals surface area contributed by atoms with Crippen molar-refractivity contribution >= 4 is 5.91 Å². The highest BCUT2D eigenvalue weighted by Crippen LogP contribution is 2.27. The SMILES string of the molecule is NC(Cc1ccccc1)C(=O)NCC1(O)CCCCC1. The van der Waals surface area contributed by atoms with Gasteiger partial charge in [-0.25, -0.2) is 0 Å². The van der Waals surface area contributed by atoms with E-state index in [1.54, 1.807) is 0 Å². The fraction of sp³-hybridized carbons (Fsp3) is 0.562. The molecule has 1 saturated carbocycles. The van der Waals surface area contributed by atoms with Gasteiger partial charge in [-0.3, -0.25) is 4.79 Å². The van der Waals surface area contributed by atoms with Crippen molar-refractivity contribution < 1.29 is 9.90 Å². The van der Waals surface area contributed by atoms with Gasteiger partial charge in [-0.05, 0) is 24.8 Å². The van der Waals surface area contributed by atoms with Crippen LogP contribution in [0.3, 0.4) is 0 Å². The van der Waals surface area contributed by atoms with Gasteiger partial charge in [-0.1, -0.05) is 49.6 Å². The van der Waals surface area contributed by atoms with Crippen molar-refractivity contribution in [2.24, 2.45) is 5.73 Å².